The first-order chi connectivity index (χ1) is 15.8. The molecule has 4 rings (SSSR count). The number of amides is 1. The van der Waals surface area contributed by atoms with E-state index in [0.29, 0.717) is 12.1 Å². The highest BCUT2D eigenvalue weighted by atomic mass is 35.5. The van der Waals surface area contributed by atoms with Crippen molar-refractivity contribution in [1.82, 2.24) is 10.3 Å². The van der Waals surface area contributed by atoms with Crippen LogP contribution in [0.5, 0.6) is 5.75 Å². The number of carbonyl (C=O) groups excluding carboxylic acids is 1. The molecule has 1 amide bonds. The molecule has 33 heavy (non-hydrogen) atoms. The van der Waals surface area contributed by atoms with Crippen LogP contribution in [0.1, 0.15) is 12.1 Å². The van der Waals surface area contributed by atoms with Gasteiger partial charge in [0.05, 0.1) is 0 Å². The predicted molar refractivity (Wildman–Crippen MR) is 125 cm³/mol. The molecule has 172 valence electrons. The zero-order chi connectivity index (χ0) is 23.8. The molecule has 2 aromatic carbocycles. The SMILES string of the molecule is CNC1=CCC(Cl)=CC=C1c1cc2ccccc2[nH]1.O=CNc1ccc(OC(F)(F)F)cc1. The summed E-state index contributed by atoms with van der Waals surface area (Å²) in [6, 6.07) is 15.3. The molecular weight excluding hydrogens is 455 g/mol. The second kappa shape index (κ2) is 10.8. The third-order valence-electron chi connectivity index (χ3n) is 4.63. The van der Waals surface area contributed by atoms with Crippen molar-refractivity contribution in [3.8, 4) is 5.75 Å². The molecule has 5 nitrogen and oxygen atoms in total. The van der Waals surface area contributed by atoms with Crippen molar-refractivity contribution in [1.29, 1.82) is 0 Å². The number of carbonyl (C=O) groups is 1. The van der Waals surface area contributed by atoms with Gasteiger partial charge in [0.2, 0.25) is 6.41 Å². The number of aromatic nitrogens is 1. The first kappa shape index (κ1) is 24.0. The Kier molecular flexibility index (Phi) is 7.84. The summed E-state index contributed by atoms with van der Waals surface area (Å²) in [5, 5.41) is 7.58. The molecule has 0 atom stereocenters. The van der Waals surface area contributed by atoms with Gasteiger partial charge in [0.1, 0.15) is 5.75 Å². The molecule has 0 radical (unpaired) electrons. The Hall–Kier alpha value is -3.65. The molecule has 3 N–H and O–H groups in total. The molecule has 0 saturated heterocycles. The van der Waals surface area contributed by atoms with E-state index in [1.54, 1.807) is 0 Å². The molecule has 1 aromatic heterocycles. The average molecular weight is 476 g/mol. The van der Waals surface area contributed by atoms with Gasteiger partial charge < -0.3 is 20.4 Å². The van der Waals surface area contributed by atoms with Gasteiger partial charge in [0, 0.05) is 52.1 Å². The molecule has 0 aliphatic heterocycles. The van der Waals surface area contributed by atoms with Gasteiger partial charge in [-0.05, 0) is 48.6 Å². The summed E-state index contributed by atoms with van der Waals surface area (Å²) in [6.07, 6.45) is 2.63. The molecule has 3 aromatic rings. The molecular formula is C24H21ClF3N3O2. The highest BCUT2D eigenvalue weighted by Crippen LogP contribution is 2.28. The van der Waals surface area contributed by atoms with Gasteiger partial charge in [-0.15, -0.1) is 13.2 Å². The summed E-state index contributed by atoms with van der Waals surface area (Å²) in [6.45, 7) is 0. The van der Waals surface area contributed by atoms with Crippen LogP contribution in [0.25, 0.3) is 16.5 Å². The number of H-pyrrole nitrogens is 1. The van der Waals surface area contributed by atoms with Crippen LogP contribution in [0.2, 0.25) is 0 Å². The van der Waals surface area contributed by atoms with Crippen molar-refractivity contribution >= 4 is 40.2 Å². The lowest BCUT2D eigenvalue weighted by Crippen LogP contribution is -2.17. The molecule has 9 heteroatoms. The van der Waals surface area contributed by atoms with E-state index in [4.69, 9.17) is 11.6 Å². The Bertz CT molecular complexity index is 1160. The van der Waals surface area contributed by atoms with E-state index in [9.17, 15) is 18.0 Å². The number of alkyl halides is 3. The van der Waals surface area contributed by atoms with E-state index in [1.807, 2.05) is 25.3 Å². The Labute approximate surface area is 193 Å². The fourth-order valence-corrected chi connectivity index (χ4v) is 3.29. The molecule has 1 aliphatic carbocycles. The molecule has 0 unspecified atom stereocenters. The standard InChI is InChI=1S/C16H15ClN2.C8H6F3NO2/c1-18-15-9-7-12(17)6-8-13(15)16-10-11-4-2-3-5-14(11)19-16;9-8(10,11)14-7-3-1-6(2-4-7)12-5-13/h2-6,8-10,18-19H,7H2,1H3;1-5H,(H,12,13). The van der Waals surface area contributed by atoms with E-state index < -0.39 is 6.36 Å². The number of rotatable bonds is 5. The Morgan fingerprint density at radius 1 is 1.09 bits per heavy atom. The van der Waals surface area contributed by atoms with Gasteiger partial charge in [-0.2, -0.15) is 0 Å². The van der Waals surface area contributed by atoms with E-state index in [0.717, 1.165) is 46.1 Å². The van der Waals surface area contributed by atoms with Crippen molar-refractivity contribution in [3.05, 3.63) is 89.2 Å². The van der Waals surface area contributed by atoms with Crippen LogP contribution in [-0.2, 0) is 4.79 Å². The van der Waals surface area contributed by atoms with Crippen LogP contribution in [0.15, 0.2) is 83.6 Å². The first-order valence-corrected chi connectivity index (χ1v) is 10.3. The number of nitrogens with one attached hydrogen (secondary N) is 3. The summed E-state index contributed by atoms with van der Waals surface area (Å²) in [5.41, 5.74) is 4.87. The number of hydrogen-bond donors (Lipinski definition) is 3. The molecule has 0 fully saturated rings. The maximum absolute atomic E-state index is 11.7. The largest absolute Gasteiger partial charge is 0.573 e. The molecule has 1 heterocycles. The monoisotopic (exact) mass is 475 g/mol. The Morgan fingerprint density at radius 2 is 1.82 bits per heavy atom. The van der Waals surface area contributed by atoms with Gasteiger partial charge >= 0.3 is 6.36 Å². The maximum atomic E-state index is 11.7. The number of allylic oxidation sites excluding steroid dienone is 5. The predicted octanol–water partition coefficient (Wildman–Crippen LogP) is 6.33. The van der Waals surface area contributed by atoms with Crippen LogP contribution in [0, 0.1) is 0 Å². The van der Waals surface area contributed by atoms with Gasteiger partial charge in [0.15, 0.2) is 0 Å². The van der Waals surface area contributed by atoms with Crippen molar-refractivity contribution in [2.75, 3.05) is 12.4 Å². The Morgan fingerprint density at radius 3 is 2.45 bits per heavy atom. The highest BCUT2D eigenvalue weighted by Gasteiger charge is 2.30. The van der Waals surface area contributed by atoms with E-state index in [2.05, 4.69) is 50.7 Å². The maximum Gasteiger partial charge on any atom is 0.573 e. The van der Waals surface area contributed by atoms with Crippen LogP contribution in [0.3, 0.4) is 0 Å². The lowest BCUT2D eigenvalue weighted by atomic mass is 10.1. The minimum atomic E-state index is -4.69. The van der Waals surface area contributed by atoms with Crippen LogP contribution < -0.4 is 15.4 Å². The van der Waals surface area contributed by atoms with Gasteiger partial charge in [-0.3, -0.25) is 4.79 Å². The lowest BCUT2D eigenvalue weighted by Gasteiger charge is -2.09. The second-order valence-electron chi connectivity index (χ2n) is 6.87. The number of halogens is 4. The Balaban J connectivity index is 0.000000196. The lowest BCUT2D eigenvalue weighted by molar-refractivity contribution is -0.274. The normalized spacial score (nSPS) is 13.5. The number of fused-ring (bicyclic) bond motifs is 1. The number of ether oxygens (including phenoxy) is 1. The van der Waals surface area contributed by atoms with Crippen molar-refractivity contribution in [3.63, 3.8) is 0 Å². The zero-order valence-corrected chi connectivity index (χ0v) is 18.3. The molecule has 0 saturated carbocycles. The topological polar surface area (TPSA) is 66.2 Å². The van der Waals surface area contributed by atoms with Gasteiger partial charge in [0.25, 0.3) is 0 Å². The summed E-state index contributed by atoms with van der Waals surface area (Å²) in [4.78, 5) is 13.4. The van der Waals surface area contributed by atoms with Crippen LogP contribution >= 0.6 is 11.6 Å². The third kappa shape index (κ3) is 6.92. The second-order valence-corrected chi connectivity index (χ2v) is 7.36. The summed E-state index contributed by atoms with van der Waals surface area (Å²) < 4.78 is 38.7. The minimum Gasteiger partial charge on any atom is -0.406 e. The highest BCUT2D eigenvalue weighted by molar-refractivity contribution is 6.30. The zero-order valence-electron chi connectivity index (χ0n) is 17.5. The smallest absolute Gasteiger partial charge is 0.406 e. The number of hydrogen-bond acceptors (Lipinski definition) is 3. The summed E-state index contributed by atoms with van der Waals surface area (Å²) in [7, 11) is 1.93. The number of benzene rings is 2. The fourth-order valence-electron chi connectivity index (χ4n) is 3.15. The minimum absolute atomic E-state index is 0.325. The quantitative estimate of drug-likeness (QED) is 0.377. The molecule has 0 spiro atoms. The number of anilines is 1. The number of para-hydroxylation sites is 1. The van der Waals surface area contributed by atoms with Crippen LogP contribution in [0.4, 0.5) is 18.9 Å². The first-order valence-electron chi connectivity index (χ1n) is 9.88. The van der Waals surface area contributed by atoms with E-state index in [1.165, 1.54) is 17.5 Å². The summed E-state index contributed by atoms with van der Waals surface area (Å²) >= 11 is 6.11. The van der Waals surface area contributed by atoms with Crippen molar-refractivity contribution in [2.24, 2.45) is 0 Å². The van der Waals surface area contributed by atoms with Crippen molar-refractivity contribution < 1.29 is 22.7 Å². The molecule has 1 aliphatic rings. The van der Waals surface area contributed by atoms with Gasteiger partial charge in [-0.1, -0.05) is 35.9 Å². The molecule has 0 bridgehead atoms. The van der Waals surface area contributed by atoms with E-state index >= 15 is 0 Å². The van der Waals surface area contributed by atoms with Crippen LogP contribution in [-0.4, -0.2) is 24.8 Å². The number of aromatic amines is 1. The van der Waals surface area contributed by atoms with Gasteiger partial charge in [-0.25, -0.2) is 0 Å². The third-order valence-corrected chi connectivity index (χ3v) is 4.91. The number of likely N-dealkylation sites (N-methyl/N-ethyl adjacent to an activating group) is 1. The average Bonchev–Trinajstić information content (AvgIpc) is 3.11. The fraction of sp³-hybridized carbons (Fsp3) is 0.125. The summed E-state index contributed by atoms with van der Waals surface area (Å²) in [5.74, 6) is -0.325. The van der Waals surface area contributed by atoms with E-state index in [-0.39, 0.29) is 5.75 Å². The van der Waals surface area contributed by atoms with Crippen molar-refractivity contribution in [2.45, 2.75) is 12.8 Å².